The van der Waals surface area contributed by atoms with Gasteiger partial charge in [-0.3, -0.25) is 14.6 Å². The van der Waals surface area contributed by atoms with Crippen LogP contribution in [0.25, 0.3) is 10.2 Å². The molecule has 0 saturated carbocycles. The lowest BCUT2D eigenvalue weighted by Gasteiger charge is -2.27. The van der Waals surface area contributed by atoms with Gasteiger partial charge in [-0.25, -0.2) is 4.98 Å². The van der Waals surface area contributed by atoms with Gasteiger partial charge in [0.05, 0.1) is 34.0 Å². The van der Waals surface area contributed by atoms with E-state index in [-0.39, 0.29) is 5.91 Å². The Morgan fingerprint density at radius 2 is 1.78 bits per heavy atom. The number of carbonyl (C=O) groups excluding carboxylic acids is 1. The third kappa shape index (κ3) is 6.27. The zero-order valence-corrected chi connectivity index (χ0v) is 22.1. The van der Waals surface area contributed by atoms with Gasteiger partial charge in [-0.15, -0.1) is 0 Å². The number of carbonyl (C=O) groups is 1. The normalized spacial score (nSPS) is 14.1. The molecule has 0 aliphatic carbocycles. The van der Waals surface area contributed by atoms with Crippen LogP contribution in [-0.2, 0) is 4.74 Å². The number of ether oxygens (including phenoxy) is 4. The van der Waals surface area contributed by atoms with Crippen LogP contribution in [0.2, 0.25) is 0 Å². The Hall–Kier alpha value is -2.88. The number of unbranched alkanes of at least 4 members (excludes halogenated alkanes) is 1. The van der Waals surface area contributed by atoms with Crippen LogP contribution in [-0.4, -0.2) is 76.0 Å². The van der Waals surface area contributed by atoms with Crippen molar-refractivity contribution < 1.29 is 23.7 Å². The minimum Gasteiger partial charge on any atom is -0.495 e. The number of methoxy groups -OCH3 is 2. The van der Waals surface area contributed by atoms with Crippen LogP contribution in [0.5, 0.6) is 17.2 Å². The zero-order valence-electron chi connectivity index (χ0n) is 21.3. The summed E-state index contributed by atoms with van der Waals surface area (Å²) in [5.41, 5.74) is 1.30. The number of thiazole rings is 1. The van der Waals surface area contributed by atoms with Crippen molar-refractivity contribution in [3.05, 3.63) is 42.0 Å². The van der Waals surface area contributed by atoms with Crippen molar-refractivity contribution in [2.24, 2.45) is 0 Å². The summed E-state index contributed by atoms with van der Waals surface area (Å²) in [4.78, 5) is 22.7. The number of nitrogens with zero attached hydrogens (tertiary/aromatic N) is 3. The molecule has 1 aliphatic heterocycles. The van der Waals surface area contributed by atoms with Gasteiger partial charge in [-0.2, -0.15) is 0 Å². The second-order valence-corrected chi connectivity index (χ2v) is 9.61. The first-order valence-corrected chi connectivity index (χ1v) is 13.3. The maximum Gasteiger partial charge on any atom is 0.260 e. The number of fused-ring (bicyclic) bond motifs is 1. The summed E-state index contributed by atoms with van der Waals surface area (Å²) in [5.74, 6) is 2.05. The first-order valence-electron chi connectivity index (χ1n) is 12.5. The molecular weight excluding hydrogens is 478 g/mol. The van der Waals surface area contributed by atoms with Crippen molar-refractivity contribution in [2.45, 2.75) is 26.2 Å². The molecular formula is C27H35N3O5S. The van der Waals surface area contributed by atoms with E-state index < -0.39 is 0 Å². The van der Waals surface area contributed by atoms with Gasteiger partial charge in [0.15, 0.2) is 5.13 Å². The quantitative estimate of drug-likeness (QED) is 0.320. The molecule has 0 unspecified atom stereocenters. The van der Waals surface area contributed by atoms with Gasteiger partial charge < -0.3 is 18.9 Å². The molecule has 3 aromatic rings. The molecule has 9 heteroatoms. The minimum absolute atomic E-state index is 0.0888. The third-order valence-electron chi connectivity index (χ3n) is 6.20. The van der Waals surface area contributed by atoms with E-state index in [0.29, 0.717) is 40.9 Å². The van der Waals surface area contributed by atoms with Crippen molar-refractivity contribution in [2.75, 3.05) is 65.1 Å². The number of hydrogen-bond acceptors (Lipinski definition) is 8. The van der Waals surface area contributed by atoms with Crippen molar-refractivity contribution in [1.82, 2.24) is 9.88 Å². The Morgan fingerprint density at radius 3 is 2.47 bits per heavy atom. The fraction of sp³-hybridized carbons (Fsp3) is 0.481. The average molecular weight is 514 g/mol. The van der Waals surface area contributed by atoms with Crippen LogP contribution in [0, 0.1) is 0 Å². The molecule has 0 radical (unpaired) electrons. The average Bonchev–Trinajstić information content (AvgIpc) is 3.36. The second kappa shape index (κ2) is 12.9. The van der Waals surface area contributed by atoms with Crippen LogP contribution < -0.4 is 19.1 Å². The molecule has 2 heterocycles. The molecule has 1 aromatic heterocycles. The molecule has 194 valence electrons. The maximum atomic E-state index is 13.7. The Kier molecular flexibility index (Phi) is 9.38. The van der Waals surface area contributed by atoms with E-state index in [1.165, 1.54) is 11.3 Å². The second-order valence-electron chi connectivity index (χ2n) is 8.64. The lowest BCUT2D eigenvalue weighted by molar-refractivity contribution is 0.0376. The van der Waals surface area contributed by atoms with Crippen LogP contribution in [0.4, 0.5) is 5.13 Å². The molecule has 36 heavy (non-hydrogen) atoms. The summed E-state index contributed by atoms with van der Waals surface area (Å²) in [6.07, 6.45) is 2.91. The van der Waals surface area contributed by atoms with E-state index in [0.717, 1.165) is 62.6 Å². The first-order chi connectivity index (χ1) is 17.6. The lowest BCUT2D eigenvalue weighted by atomic mass is 10.2. The van der Waals surface area contributed by atoms with E-state index in [2.05, 4.69) is 11.8 Å². The van der Waals surface area contributed by atoms with Gasteiger partial charge in [0, 0.05) is 31.7 Å². The van der Waals surface area contributed by atoms with Crippen LogP contribution in [0.1, 0.15) is 36.5 Å². The van der Waals surface area contributed by atoms with Crippen LogP contribution in [0.15, 0.2) is 36.4 Å². The Morgan fingerprint density at radius 1 is 1.06 bits per heavy atom. The van der Waals surface area contributed by atoms with Crippen molar-refractivity contribution in [1.29, 1.82) is 0 Å². The van der Waals surface area contributed by atoms with Gasteiger partial charge >= 0.3 is 0 Å². The number of aromatic nitrogens is 1. The Labute approximate surface area is 216 Å². The predicted octanol–water partition coefficient (Wildman–Crippen LogP) is 4.86. The molecule has 1 saturated heterocycles. The number of benzene rings is 2. The smallest absolute Gasteiger partial charge is 0.260 e. The highest BCUT2D eigenvalue weighted by atomic mass is 32.1. The summed E-state index contributed by atoms with van der Waals surface area (Å²) >= 11 is 1.44. The van der Waals surface area contributed by atoms with Crippen LogP contribution >= 0.6 is 11.3 Å². The highest BCUT2D eigenvalue weighted by molar-refractivity contribution is 7.22. The Bertz CT molecular complexity index is 1090. The van der Waals surface area contributed by atoms with Gasteiger partial charge in [-0.05, 0) is 49.2 Å². The summed E-state index contributed by atoms with van der Waals surface area (Å²) in [7, 11) is 3.26. The van der Waals surface area contributed by atoms with E-state index >= 15 is 0 Å². The van der Waals surface area contributed by atoms with Gasteiger partial charge in [0.25, 0.3) is 5.91 Å². The summed E-state index contributed by atoms with van der Waals surface area (Å²) in [5, 5.41) is 0.628. The predicted molar refractivity (Wildman–Crippen MR) is 143 cm³/mol. The molecule has 1 fully saturated rings. The number of amides is 1. The van der Waals surface area contributed by atoms with Gasteiger partial charge in [0.2, 0.25) is 0 Å². The zero-order chi connectivity index (χ0) is 25.3. The molecule has 8 nitrogen and oxygen atoms in total. The largest absolute Gasteiger partial charge is 0.495 e. The van der Waals surface area contributed by atoms with E-state index in [1.807, 2.05) is 36.4 Å². The molecule has 4 rings (SSSR count). The van der Waals surface area contributed by atoms with Crippen LogP contribution in [0.3, 0.4) is 0 Å². The third-order valence-corrected chi connectivity index (χ3v) is 7.30. The topological polar surface area (TPSA) is 73.4 Å². The molecule has 0 bridgehead atoms. The first kappa shape index (κ1) is 26.2. The van der Waals surface area contributed by atoms with Crippen molar-refractivity contribution in [3.8, 4) is 17.2 Å². The number of hydrogen-bond donors (Lipinski definition) is 0. The summed E-state index contributed by atoms with van der Waals surface area (Å²) in [6, 6.07) is 11.1. The highest BCUT2D eigenvalue weighted by Crippen LogP contribution is 2.40. The van der Waals surface area contributed by atoms with Crippen molar-refractivity contribution >= 4 is 32.6 Å². The van der Waals surface area contributed by atoms with Gasteiger partial charge in [-0.1, -0.05) is 24.7 Å². The number of anilines is 1. The number of rotatable bonds is 12. The van der Waals surface area contributed by atoms with Crippen molar-refractivity contribution in [3.63, 3.8) is 0 Å². The van der Waals surface area contributed by atoms with E-state index in [4.69, 9.17) is 23.9 Å². The SMILES string of the molecule is CCCCOc1ccc(C(=O)N(CCCN2CCOCC2)c2nc3c(OC)ccc(OC)c3s2)cc1. The fourth-order valence-electron chi connectivity index (χ4n) is 4.13. The number of morpholine rings is 1. The van der Waals surface area contributed by atoms with E-state index in [1.54, 1.807) is 19.1 Å². The molecule has 2 aromatic carbocycles. The molecule has 0 atom stereocenters. The summed E-state index contributed by atoms with van der Waals surface area (Å²) < 4.78 is 23.2. The molecule has 0 N–H and O–H groups in total. The Balaban J connectivity index is 1.59. The molecule has 0 spiro atoms. The molecule has 1 aliphatic rings. The lowest BCUT2D eigenvalue weighted by Crippen LogP contribution is -2.39. The fourth-order valence-corrected chi connectivity index (χ4v) is 5.23. The van der Waals surface area contributed by atoms with Gasteiger partial charge in [0.1, 0.15) is 27.5 Å². The monoisotopic (exact) mass is 513 g/mol. The maximum absolute atomic E-state index is 13.7. The summed E-state index contributed by atoms with van der Waals surface area (Å²) in [6.45, 7) is 7.61. The molecule has 1 amide bonds. The minimum atomic E-state index is -0.0888. The highest BCUT2D eigenvalue weighted by Gasteiger charge is 2.24. The van der Waals surface area contributed by atoms with E-state index in [9.17, 15) is 4.79 Å². The standard InChI is InChI=1S/C27H35N3O5S/c1-4-5-17-35-21-9-7-20(8-10-21)26(31)30(14-6-13-29-15-18-34-19-16-29)27-28-24-22(32-2)11-12-23(33-3)25(24)36-27/h7-12H,4-6,13-19H2,1-3H3.